The van der Waals surface area contributed by atoms with Crippen molar-refractivity contribution < 1.29 is 38.0 Å². The van der Waals surface area contributed by atoms with Gasteiger partial charge in [-0.05, 0) is 17.7 Å². The number of hydrogen-bond donors (Lipinski definition) is 0. The van der Waals surface area contributed by atoms with E-state index in [0.29, 0.717) is 59.0 Å². The summed E-state index contributed by atoms with van der Waals surface area (Å²) in [4.78, 5) is 12.4. The maximum Gasteiger partial charge on any atom is 0.312 e. The van der Waals surface area contributed by atoms with Gasteiger partial charge in [-0.15, -0.1) is 0 Å². The van der Waals surface area contributed by atoms with Crippen molar-refractivity contribution >= 4 is 5.97 Å². The molecule has 29 heavy (non-hydrogen) atoms. The predicted molar refractivity (Wildman–Crippen MR) is 102 cm³/mol. The van der Waals surface area contributed by atoms with Gasteiger partial charge in [0, 0.05) is 17.5 Å². The third-order valence-corrected chi connectivity index (χ3v) is 5.03. The fraction of sp³-hybridized carbons (Fsp3) is 0.381. The molecular weight excluding hydrogens is 380 g/mol. The molecule has 2 aromatic carbocycles. The smallest absolute Gasteiger partial charge is 0.312 e. The SMILES string of the molecule is COc1cc(C2CC(=O)Oc3cc(OC)c(OC)c(OC)c32)cc2c1OCCO2. The highest BCUT2D eigenvalue weighted by Gasteiger charge is 2.36. The van der Waals surface area contributed by atoms with Crippen LogP contribution < -0.4 is 33.2 Å². The van der Waals surface area contributed by atoms with Gasteiger partial charge in [-0.3, -0.25) is 4.79 Å². The van der Waals surface area contributed by atoms with Crippen LogP contribution in [0.5, 0.6) is 40.2 Å². The number of fused-ring (bicyclic) bond motifs is 2. The lowest BCUT2D eigenvalue weighted by atomic mass is 9.85. The van der Waals surface area contributed by atoms with Crippen molar-refractivity contribution in [3.05, 3.63) is 29.3 Å². The molecule has 1 atom stereocenters. The zero-order valence-electron chi connectivity index (χ0n) is 16.7. The van der Waals surface area contributed by atoms with E-state index >= 15 is 0 Å². The first-order chi connectivity index (χ1) is 14.1. The minimum atomic E-state index is -0.356. The van der Waals surface area contributed by atoms with Crippen molar-refractivity contribution in [3.63, 3.8) is 0 Å². The average Bonchev–Trinajstić information content (AvgIpc) is 2.76. The molecule has 4 rings (SSSR count). The van der Waals surface area contributed by atoms with E-state index < -0.39 is 0 Å². The van der Waals surface area contributed by atoms with Crippen LogP contribution >= 0.6 is 0 Å². The van der Waals surface area contributed by atoms with Crippen molar-refractivity contribution in [2.45, 2.75) is 12.3 Å². The van der Waals surface area contributed by atoms with Crippen LogP contribution in [0.4, 0.5) is 0 Å². The van der Waals surface area contributed by atoms with E-state index in [0.717, 1.165) is 5.56 Å². The summed E-state index contributed by atoms with van der Waals surface area (Å²) < 4.78 is 39.0. The first-order valence-electron chi connectivity index (χ1n) is 9.12. The summed E-state index contributed by atoms with van der Waals surface area (Å²) in [7, 11) is 6.14. The summed E-state index contributed by atoms with van der Waals surface area (Å²) in [5, 5.41) is 0. The number of hydrogen-bond acceptors (Lipinski definition) is 8. The predicted octanol–water partition coefficient (Wildman–Crippen LogP) is 2.93. The van der Waals surface area contributed by atoms with Crippen LogP contribution in [0, 0.1) is 0 Å². The van der Waals surface area contributed by atoms with Crippen molar-refractivity contribution in [1.82, 2.24) is 0 Å². The van der Waals surface area contributed by atoms with E-state index in [1.807, 2.05) is 12.1 Å². The second-order valence-corrected chi connectivity index (χ2v) is 6.54. The standard InChI is InChI=1S/C21H22O8/c1-23-14-7-11(8-16-19(14)28-6-5-27-16)12-9-17(22)29-13-10-15(24-2)20(25-3)21(26-4)18(12)13/h7-8,10,12H,5-6,9H2,1-4H3. The summed E-state index contributed by atoms with van der Waals surface area (Å²) in [6, 6.07) is 5.34. The maximum absolute atomic E-state index is 12.4. The van der Waals surface area contributed by atoms with Crippen molar-refractivity contribution in [2.24, 2.45) is 0 Å². The number of ether oxygens (including phenoxy) is 7. The van der Waals surface area contributed by atoms with Crippen LogP contribution in [0.1, 0.15) is 23.5 Å². The highest BCUT2D eigenvalue weighted by atomic mass is 16.6. The average molecular weight is 402 g/mol. The summed E-state index contributed by atoms with van der Waals surface area (Å²) in [6.07, 6.45) is 0.127. The van der Waals surface area contributed by atoms with Crippen LogP contribution in [0.15, 0.2) is 18.2 Å². The number of esters is 1. The van der Waals surface area contributed by atoms with Gasteiger partial charge in [0.1, 0.15) is 19.0 Å². The molecule has 8 heteroatoms. The van der Waals surface area contributed by atoms with E-state index in [4.69, 9.17) is 33.2 Å². The molecule has 154 valence electrons. The molecule has 0 fully saturated rings. The minimum absolute atomic E-state index is 0.127. The zero-order chi connectivity index (χ0) is 20.5. The molecule has 0 aliphatic carbocycles. The van der Waals surface area contributed by atoms with E-state index in [-0.39, 0.29) is 18.3 Å². The van der Waals surface area contributed by atoms with Gasteiger partial charge in [-0.1, -0.05) is 0 Å². The molecule has 0 bridgehead atoms. The molecule has 2 aliphatic heterocycles. The van der Waals surface area contributed by atoms with Gasteiger partial charge in [-0.25, -0.2) is 0 Å². The number of benzene rings is 2. The Kier molecular flexibility index (Phi) is 5.00. The number of rotatable bonds is 5. The van der Waals surface area contributed by atoms with Gasteiger partial charge in [0.15, 0.2) is 23.0 Å². The second-order valence-electron chi connectivity index (χ2n) is 6.54. The molecular formula is C21H22O8. The molecule has 2 aromatic rings. The lowest BCUT2D eigenvalue weighted by molar-refractivity contribution is -0.135. The number of carbonyl (C=O) groups is 1. The number of methoxy groups -OCH3 is 4. The summed E-state index contributed by atoms with van der Waals surface area (Å²) in [6.45, 7) is 0.892. The van der Waals surface area contributed by atoms with E-state index in [2.05, 4.69) is 0 Å². The van der Waals surface area contributed by atoms with Crippen molar-refractivity contribution in [1.29, 1.82) is 0 Å². The third-order valence-electron chi connectivity index (χ3n) is 5.03. The molecule has 0 N–H and O–H groups in total. The van der Waals surface area contributed by atoms with Gasteiger partial charge < -0.3 is 33.2 Å². The molecule has 0 spiro atoms. The van der Waals surface area contributed by atoms with Crippen LogP contribution in [0.2, 0.25) is 0 Å². The normalized spacial score (nSPS) is 17.1. The lowest BCUT2D eigenvalue weighted by Crippen LogP contribution is -2.23. The number of carbonyl (C=O) groups excluding carboxylic acids is 1. The molecule has 0 radical (unpaired) electrons. The highest BCUT2D eigenvalue weighted by molar-refractivity contribution is 5.81. The molecule has 0 amide bonds. The maximum atomic E-state index is 12.4. The van der Waals surface area contributed by atoms with Crippen LogP contribution in [0.25, 0.3) is 0 Å². The molecule has 0 aromatic heterocycles. The Hall–Kier alpha value is -3.29. The van der Waals surface area contributed by atoms with Gasteiger partial charge in [-0.2, -0.15) is 0 Å². The molecule has 8 nitrogen and oxygen atoms in total. The second kappa shape index (κ2) is 7.62. The Morgan fingerprint density at radius 1 is 0.828 bits per heavy atom. The topological polar surface area (TPSA) is 81.7 Å². The fourth-order valence-corrected chi connectivity index (χ4v) is 3.78. The van der Waals surface area contributed by atoms with Crippen LogP contribution in [-0.4, -0.2) is 47.6 Å². The van der Waals surface area contributed by atoms with Gasteiger partial charge >= 0.3 is 5.97 Å². The largest absolute Gasteiger partial charge is 0.493 e. The molecule has 2 heterocycles. The monoisotopic (exact) mass is 402 g/mol. The Balaban J connectivity index is 1.92. The first kappa shape index (κ1) is 19.0. The lowest BCUT2D eigenvalue weighted by Gasteiger charge is -2.29. The van der Waals surface area contributed by atoms with Crippen LogP contribution in [-0.2, 0) is 4.79 Å². The Morgan fingerprint density at radius 2 is 1.55 bits per heavy atom. The Morgan fingerprint density at radius 3 is 2.24 bits per heavy atom. The van der Waals surface area contributed by atoms with E-state index in [1.165, 1.54) is 21.3 Å². The van der Waals surface area contributed by atoms with Gasteiger partial charge in [0.25, 0.3) is 0 Å². The molecule has 0 saturated carbocycles. The van der Waals surface area contributed by atoms with Crippen molar-refractivity contribution in [3.8, 4) is 40.2 Å². The first-order valence-corrected chi connectivity index (χ1v) is 9.12. The van der Waals surface area contributed by atoms with E-state index in [1.54, 1.807) is 13.2 Å². The highest BCUT2D eigenvalue weighted by Crippen LogP contribution is 2.53. The summed E-state index contributed by atoms with van der Waals surface area (Å²) in [5.74, 6) is 2.62. The summed E-state index contributed by atoms with van der Waals surface area (Å²) in [5.41, 5.74) is 1.51. The molecule has 2 aliphatic rings. The van der Waals surface area contributed by atoms with Crippen molar-refractivity contribution in [2.75, 3.05) is 41.7 Å². The van der Waals surface area contributed by atoms with E-state index in [9.17, 15) is 4.79 Å². The molecule has 0 saturated heterocycles. The molecule has 1 unspecified atom stereocenters. The fourth-order valence-electron chi connectivity index (χ4n) is 3.78. The Bertz CT molecular complexity index is 935. The minimum Gasteiger partial charge on any atom is -0.493 e. The zero-order valence-corrected chi connectivity index (χ0v) is 16.7. The quantitative estimate of drug-likeness (QED) is 0.558. The van der Waals surface area contributed by atoms with Gasteiger partial charge in [0.2, 0.25) is 11.5 Å². The summed E-state index contributed by atoms with van der Waals surface area (Å²) >= 11 is 0. The van der Waals surface area contributed by atoms with Crippen LogP contribution in [0.3, 0.4) is 0 Å². The third kappa shape index (κ3) is 3.14. The van der Waals surface area contributed by atoms with Gasteiger partial charge in [0.05, 0.1) is 34.9 Å². The Labute approximate surface area is 168 Å².